The van der Waals surface area contributed by atoms with E-state index >= 15 is 0 Å². The van der Waals surface area contributed by atoms with Gasteiger partial charge in [-0.05, 0) is 24.6 Å². The first kappa shape index (κ1) is 14.2. The second-order valence-corrected chi connectivity index (χ2v) is 5.29. The van der Waals surface area contributed by atoms with Crippen LogP contribution in [0.15, 0.2) is 28.7 Å². The van der Waals surface area contributed by atoms with Crippen molar-refractivity contribution in [2.24, 2.45) is 0 Å². The average Bonchev–Trinajstić information content (AvgIpc) is 2.33. The highest BCUT2D eigenvalue weighted by atomic mass is 79.9. The maximum atomic E-state index is 13.6. The minimum absolute atomic E-state index is 0.339. The molecule has 3 nitrogen and oxygen atoms in total. The first-order chi connectivity index (χ1) is 9.08. The summed E-state index contributed by atoms with van der Waals surface area (Å²) in [6.45, 7) is 2.03. The molecule has 0 bridgehead atoms. The van der Waals surface area contributed by atoms with Crippen molar-refractivity contribution >= 4 is 39.0 Å². The maximum Gasteiger partial charge on any atom is 0.146 e. The Labute approximate surface area is 124 Å². The van der Waals surface area contributed by atoms with Crippen molar-refractivity contribution < 1.29 is 4.39 Å². The molecular weight excluding hydrogens is 333 g/mol. The molecule has 1 aromatic heterocycles. The second kappa shape index (κ2) is 6.30. The maximum absolute atomic E-state index is 13.6. The summed E-state index contributed by atoms with van der Waals surface area (Å²) in [6.07, 6.45) is 1.65. The predicted octanol–water partition coefficient (Wildman–Crippen LogP) is 4.73. The number of aryl methyl sites for hydroxylation is 1. The lowest BCUT2D eigenvalue weighted by Crippen LogP contribution is -2.01. The van der Waals surface area contributed by atoms with Crippen LogP contribution in [0.3, 0.4) is 0 Å². The van der Waals surface area contributed by atoms with E-state index in [1.807, 2.05) is 6.92 Å². The van der Waals surface area contributed by atoms with E-state index in [2.05, 4.69) is 31.2 Å². The van der Waals surface area contributed by atoms with Crippen molar-refractivity contribution in [3.8, 4) is 0 Å². The van der Waals surface area contributed by atoms with E-state index in [0.29, 0.717) is 22.5 Å². The first-order valence-corrected chi connectivity index (χ1v) is 7.01. The summed E-state index contributed by atoms with van der Waals surface area (Å²) in [7, 11) is 0. The SMILES string of the molecule is CCCc1nc(Cl)cc(Nc2cc(Br)ccc2F)n1. The van der Waals surface area contributed by atoms with Gasteiger partial charge in [0.2, 0.25) is 0 Å². The van der Waals surface area contributed by atoms with Crippen LogP contribution in [0.1, 0.15) is 19.2 Å². The number of aromatic nitrogens is 2. The molecule has 2 aromatic rings. The molecule has 6 heteroatoms. The normalized spacial score (nSPS) is 10.5. The van der Waals surface area contributed by atoms with Gasteiger partial charge in [0.25, 0.3) is 0 Å². The van der Waals surface area contributed by atoms with Gasteiger partial charge in [-0.25, -0.2) is 14.4 Å². The molecule has 0 aliphatic carbocycles. The summed E-state index contributed by atoms with van der Waals surface area (Å²) < 4.78 is 14.4. The summed E-state index contributed by atoms with van der Waals surface area (Å²) in [5.41, 5.74) is 0.339. The highest BCUT2D eigenvalue weighted by Crippen LogP contribution is 2.24. The number of hydrogen-bond donors (Lipinski definition) is 1. The Morgan fingerprint density at radius 1 is 1.32 bits per heavy atom. The van der Waals surface area contributed by atoms with Gasteiger partial charge in [-0.1, -0.05) is 34.5 Å². The summed E-state index contributed by atoms with van der Waals surface area (Å²) in [5.74, 6) is 0.781. The van der Waals surface area contributed by atoms with Crippen LogP contribution in [0.2, 0.25) is 5.15 Å². The van der Waals surface area contributed by atoms with Crippen LogP contribution in [0.25, 0.3) is 0 Å². The third-order valence-electron chi connectivity index (χ3n) is 2.41. The quantitative estimate of drug-likeness (QED) is 0.815. The lowest BCUT2D eigenvalue weighted by atomic mass is 10.3. The fraction of sp³-hybridized carbons (Fsp3) is 0.231. The second-order valence-electron chi connectivity index (χ2n) is 3.99. The number of halogens is 3. The van der Waals surface area contributed by atoms with Gasteiger partial charge in [0, 0.05) is 17.0 Å². The third-order valence-corrected chi connectivity index (χ3v) is 3.09. The van der Waals surface area contributed by atoms with Gasteiger partial charge < -0.3 is 5.32 Å². The molecular formula is C13H12BrClFN3. The van der Waals surface area contributed by atoms with Gasteiger partial charge in [0.05, 0.1) is 5.69 Å². The fourth-order valence-electron chi connectivity index (χ4n) is 1.60. The topological polar surface area (TPSA) is 37.8 Å². The number of benzene rings is 1. The predicted molar refractivity (Wildman–Crippen MR) is 78.4 cm³/mol. The molecule has 0 radical (unpaired) electrons. The van der Waals surface area contributed by atoms with Crippen molar-refractivity contribution in [2.45, 2.75) is 19.8 Å². The van der Waals surface area contributed by atoms with E-state index in [-0.39, 0.29) is 5.82 Å². The molecule has 1 heterocycles. The summed E-state index contributed by atoms with van der Waals surface area (Å²) in [5, 5.41) is 3.26. The average molecular weight is 345 g/mol. The van der Waals surface area contributed by atoms with E-state index in [0.717, 1.165) is 17.3 Å². The van der Waals surface area contributed by atoms with Gasteiger partial charge in [-0.2, -0.15) is 0 Å². The standard InChI is InChI=1S/C13H12BrClFN3/c1-2-3-12-18-11(15)7-13(19-12)17-10-6-8(14)4-5-9(10)16/h4-7H,2-3H2,1H3,(H,17,18,19). The molecule has 1 aromatic carbocycles. The van der Waals surface area contributed by atoms with Gasteiger partial charge in [0.1, 0.15) is 22.6 Å². The molecule has 19 heavy (non-hydrogen) atoms. The van der Waals surface area contributed by atoms with Gasteiger partial charge in [-0.3, -0.25) is 0 Å². The minimum atomic E-state index is -0.352. The van der Waals surface area contributed by atoms with Crippen molar-refractivity contribution in [3.63, 3.8) is 0 Å². The monoisotopic (exact) mass is 343 g/mol. The van der Waals surface area contributed by atoms with Crippen LogP contribution >= 0.6 is 27.5 Å². The lowest BCUT2D eigenvalue weighted by molar-refractivity contribution is 0.631. The highest BCUT2D eigenvalue weighted by Gasteiger charge is 2.07. The van der Waals surface area contributed by atoms with E-state index in [9.17, 15) is 4.39 Å². The Balaban J connectivity index is 2.29. The zero-order valence-corrected chi connectivity index (χ0v) is 12.6. The number of nitrogens with one attached hydrogen (secondary N) is 1. The molecule has 0 amide bonds. The van der Waals surface area contributed by atoms with Crippen molar-refractivity contribution in [3.05, 3.63) is 45.5 Å². The Bertz CT molecular complexity index is 592. The van der Waals surface area contributed by atoms with Crippen LogP contribution in [0, 0.1) is 5.82 Å². The number of rotatable bonds is 4. The van der Waals surface area contributed by atoms with Crippen molar-refractivity contribution in [1.29, 1.82) is 0 Å². The summed E-state index contributed by atoms with van der Waals surface area (Å²) in [4.78, 5) is 8.42. The van der Waals surface area contributed by atoms with E-state index in [1.165, 1.54) is 6.07 Å². The zero-order valence-electron chi connectivity index (χ0n) is 10.3. The molecule has 1 N–H and O–H groups in total. The third kappa shape index (κ3) is 3.88. The molecule has 0 fully saturated rings. The molecule has 0 saturated carbocycles. The summed E-state index contributed by atoms with van der Waals surface area (Å²) in [6, 6.07) is 6.23. The summed E-state index contributed by atoms with van der Waals surface area (Å²) >= 11 is 9.23. The molecule has 0 atom stereocenters. The molecule has 0 aliphatic rings. The fourth-order valence-corrected chi connectivity index (χ4v) is 2.16. The van der Waals surface area contributed by atoms with E-state index in [1.54, 1.807) is 18.2 Å². The van der Waals surface area contributed by atoms with Crippen LogP contribution in [-0.4, -0.2) is 9.97 Å². The van der Waals surface area contributed by atoms with Crippen LogP contribution in [0.4, 0.5) is 15.9 Å². The van der Waals surface area contributed by atoms with E-state index in [4.69, 9.17) is 11.6 Å². The molecule has 0 saturated heterocycles. The van der Waals surface area contributed by atoms with Gasteiger partial charge in [-0.15, -0.1) is 0 Å². The van der Waals surface area contributed by atoms with Crippen molar-refractivity contribution in [2.75, 3.05) is 5.32 Å². The van der Waals surface area contributed by atoms with Crippen molar-refractivity contribution in [1.82, 2.24) is 9.97 Å². The lowest BCUT2D eigenvalue weighted by Gasteiger charge is -2.09. The molecule has 0 spiro atoms. The van der Waals surface area contributed by atoms with Gasteiger partial charge in [0.15, 0.2) is 0 Å². The van der Waals surface area contributed by atoms with Crippen LogP contribution in [-0.2, 0) is 6.42 Å². The number of nitrogens with zero attached hydrogens (tertiary/aromatic N) is 2. The first-order valence-electron chi connectivity index (χ1n) is 5.84. The van der Waals surface area contributed by atoms with Crippen LogP contribution < -0.4 is 5.32 Å². The molecule has 100 valence electrons. The molecule has 0 unspecified atom stereocenters. The smallest absolute Gasteiger partial charge is 0.146 e. The largest absolute Gasteiger partial charge is 0.338 e. The molecule has 0 aliphatic heterocycles. The highest BCUT2D eigenvalue weighted by molar-refractivity contribution is 9.10. The Morgan fingerprint density at radius 2 is 2.11 bits per heavy atom. The van der Waals surface area contributed by atoms with E-state index < -0.39 is 0 Å². The van der Waals surface area contributed by atoms with Gasteiger partial charge >= 0.3 is 0 Å². The Kier molecular flexibility index (Phi) is 4.71. The Hall–Kier alpha value is -1.20. The zero-order chi connectivity index (χ0) is 13.8. The number of anilines is 2. The number of hydrogen-bond acceptors (Lipinski definition) is 3. The minimum Gasteiger partial charge on any atom is -0.338 e. The molecule has 2 rings (SSSR count). The van der Waals surface area contributed by atoms with Crippen LogP contribution in [0.5, 0.6) is 0 Å². The Morgan fingerprint density at radius 3 is 2.84 bits per heavy atom.